The van der Waals surface area contributed by atoms with E-state index in [0.29, 0.717) is 21.2 Å². The lowest BCUT2D eigenvalue weighted by Crippen LogP contribution is -2.18. The van der Waals surface area contributed by atoms with E-state index in [4.69, 9.17) is 11.6 Å². The summed E-state index contributed by atoms with van der Waals surface area (Å²) >= 11 is 6.96. The normalized spacial score (nSPS) is 10.7. The summed E-state index contributed by atoms with van der Waals surface area (Å²) in [7, 11) is 0. The minimum Gasteiger partial charge on any atom is -0.322 e. The van der Waals surface area contributed by atoms with E-state index in [9.17, 15) is 19.7 Å². The molecular formula is C19H13ClN4O4S. The van der Waals surface area contributed by atoms with E-state index in [2.05, 4.69) is 15.8 Å². The zero-order chi connectivity index (χ0) is 20.8. The molecule has 0 saturated heterocycles. The standard InChI is InChI=1S/C19H13ClN4O4S/c20-16-7-2-1-6-15(16)19(26)22-13-5-3-4-12(10-13)18(25)23-21-11-14-8-9-17(29-14)24(27)28/h1-11H,(H,22,26)(H,23,25)/b21-11+. The van der Waals surface area contributed by atoms with E-state index in [1.165, 1.54) is 24.4 Å². The van der Waals surface area contributed by atoms with Crippen molar-refractivity contribution in [3.63, 3.8) is 0 Å². The van der Waals surface area contributed by atoms with E-state index in [1.54, 1.807) is 42.5 Å². The first-order valence-electron chi connectivity index (χ1n) is 8.17. The third-order valence-electron chi connectivity index (χ3n) is 3.65. The fraction of sp³-hybridized carbons (Fsp3) is 0. The minimum atomic E-state index is -0.499. The highest BCUT2D eigenvalue weighted by Crippen LogP contribution is 2.22. The summed E-state index contributed by atoms with van der Waals surface area (Å²) < 4.78 is 0. The molecule has 8 nitrogen and oxygen atoms in total. The summed E-state index contributed by atoms with van der Waals surface area (Å²) in [6.45, 7) is 0. The number of halogens is 1. The summed E-state index contributed by atoms with van der Waals surface area (Å²) in [4.78, 5) is 35.3. The fourth-order valence-corrected chi connectivity index (χ4v) is 3.23. The Kier molecular flexibility index (Phi) is 6.32. The van der Waals surface area contributed by atoms with Crippen molar-refractivity contribution in [1.82, 2.24) is 5.43 Å². The van der Waals surface area contributed by atoms with E-state index in [0.717, 1.165) is 11.3 Å². The summed E-state index contributed by atoms with van der Waals surface area (Å²) in [5.74, 6) is -0.897. The summed E-state index contributed by atoms with van der Waals surface area (Å²) in [6, 6.07) is 15.8. The number of carbonyl (C=O) groups is 2. The lowest BCUT2D eigenvalue weighted by atomic mass is 10.1. The number of benzene rings is 2. The molecule has 0 unspecified atom stereocenters. The highest BCUT2D eigenvalue weighted by Gasteiger charge is 2.12. The van der Waals surface area contributed by atoms with Crippen LogP contribution in [0.25, 0.3) is 0 Å². The van der Waals surface area contributed by atoms with E-state index in [-0.39, 0.29) is 10.6 Å². The van der Waals surface area contributed by atoms with Crippen LogP contribution in [0.5, 0.6) is 0 Å². The van der Waals surface area contributed by atoms with Crippen LogP contribution in [0.1, 0.15) is 25.6 Å². The molecule has 10 heteroatoms. The highest BCUT2D eigenvalue weighted by atomic mass is 35.5. The molecule has 0 saturated carbocycles. The number of thiophene rings is 1. The van der Waals surface area contributed by atoms with Crippen molar-refractivity contribution >= 4 is 51.7 Å². The summed E-state index contributed by atoms with van der Waals surface area (Å²) in [5.41, 5.74) is 3.35. The number of amides is 2. The summed E-state index contributed by atoms with van der Waals surface area (Å²) in [6.07, 6.45) is 1.32. The second kappa shape index (κ2) is 9.09. The number of carbonyl (C=O) groups excluding carboxylic acids is 2. The smallest absolute Gasteiger partial charge is 0.322 e. The van der Waals surface area contributed by atoms with Gasteiger partial charge in [0.05, 0.1) is 26.6 Å². The minimum absolute atomic E-state index is 0.0141. The van der Waals surface area contributed by atoms with Crippen LogP contribution in [0, 0.1) is 10.1 Å². The second-order valence-corrected chi connectivity index (χ2v) is 7.15. The molecule has 2 aromatic carbocycles. The predicted molar refractivity (Wildman–Crippen MR) is 112 cm³/mol. The Morgan fingerprint density at radius 2 is 1.86 bits per heavy atom. The number of nitrogens with one attached hydrogen (secondary N) is 2. The highest BCUT2D eigenvalue weighted by molar-refractivity contribution is 7.16. The Hall–Kier alpha value is -3.56. The molecule has 0 spiro atoms. The number of hydrogen-bond donors (Lipinski definition) is 2. The Morgan fingerprint density at radius 1 is 1.07 bits per heavy atom. The zero-order valence-corrected chi connectivity index (χ0v) is 16.2. The van der Waals surface area contributed by atoms with Gasteiger partial charge in [0.25, 0.3) is 11.8 Å². The van der Waals surface area contributed by atoms with Gasteiger partial charge in [0.2, 0.25) is 0 Å². The lowest BCUT2D eigenvalue weighted by molar-refractivity contribution is -0.380. The first kappa shape index (κ1) is 20.2. The average Bonchev–Trinajstić information content (AvgIpc) is 3.17. The third kappa shape index (κ3) is 5.24. The molecule has 2 N–H and O–H groups in total. The molecule has 0 aliphatic heterocycles. The largest absolute Gasteiger partial charge is 0.324 e. The topological polar surface area (TPSA) is 114 Å². The zero-order valence-electron chi connectivity index (χ0n) is 14.7. The number of nitro groups is 1. The quantitative estimate of drug-likeness (QED) is 0.345. The van der Waals surface area contributed by atoms with Crippen LogP contribution < -0.4 is 10.7 Å². The molecule has 0 radical (unpaired) electrons. The average molecular weight is 429 g/mol. The maximum Gasteiger partial charge on any atom is 0.324 e. The molecule has 0 atom stereocenters. The molecule has 0 bridgehead atoms. The van der Waals surface area contributed by atoms with Crippen LogP contribution >= 0.6 is 22.9 Å². The van der Waals surface area contributed by atoms with Crippen molar-refractivity contribution in [3.8, 4) is 0 Å². The molecule has 0 aliphatic carbocycles. The molecule has 0 aliphatic rings. The Balaban J connectivity index is 1.64. The third-order valence-corrected chi connectivity index (χ3v) is 4.95. The van der Waals surface area contributed by atoms with Crippen molar-refractivity contribution in [2.45, 2.75) is 0 Å². The molecule has 0 fully saturated rings. The SMILES string of the molecule is O=C(N/N=C/c1ccc([N+](=O)[O-])s1)c1cccc(NC(=O)c2ccccc2Cl)c1. The summed E-state index contributed by atoms with van der Waals surface area (Å²) in [5, 5.41) is 17.5. The van der Waals surface area contributed by atoms with Gasteiger partial charge >= 0.3 is 5.00 Å². The monoisotopic (exact) mass is 428 g/mol. The molecule has 3 aromatic rings. The lowest BCUT2D eigenvalue weighted by Gasteiger charge is -2.08. The first-order valence-corrected chi connectivity index (χ1v) is 9.37. The van der Waals surface area contributed by atoms with Gasteiger partial charge in [-0.3, -0.25) is 19.7 Å². The predicted octanol–water partition coefficient (Wildman–Crippen LogP) is 4.33. The van der Waals surface area contributed by atoms with Gasteiger partial charge in [-0.25, -0.2) is 5.43 Å². The van der Waals surface area contributed by atoms with Gasteiger partial charge in [0, 0.05) is 17.3 Å². The van der Waals surface area contributed by atoms with Crippen molar-refractivity contribution in [1.29, 1.82) is 0 Å². The Labute approximate surface area is 174 Å². The molecule has 2 amide bonds. The van der Waals surface area contributed by atoms with E-state index < -0.39 is 16.7 Å². The number of rotatable bonds is 6. The van der Waals surface area contributed by atoms with Gasteiger partial charge in [0.1, 0.15) is 0 Å². The van der Waals surface area contributed by atoms with E-state index in [1.807, 2.05) is 0 Å². The number of anilines is 1. The van der Waals surface area contributed by atoms with Crippen LogP contribution in [0.3, 0.4) is 0 Å². The van der Waals surface area contributed by atoms with Gasteiger partial charge in [-0.05, 0) is 36.4 Å². The van der Waals surface area contributed by atoms with Crippen molar-refractivity contribution < 1.29 is 14.5 Å². The number of nitrogens with zero attached hydrogens (tertiary/aromatic N) is 2. The maximum atomic E-state index is 12.3. The van der Waals surface area contributed by atoms with Crippen molar-refractivity contribution in [3.05, 3.63) is 91.8 Å². The van der Waals surface area contributed by atoms with Crippen LogP contribution in [-0.2, 0) is 0 Å². The number of hydrogen-bond acceptors (Lipinski definition) is 6. The van der Waals surface area contributed by atoms with Gasteiger partial charge in [-0.15, -0.1) is 0 Å². The van der Waals surface area contributed by atoms with Crippen LogP contribution in [0.15, 0.2) is 65.8 Å². The van der Waals surface area contributed by atoms with Crippen molar-refractivity contribution in [2.75, 3.05) is 5.32 Å². The molecule has 3 rings (SSSR count). The first-order chi connectivity index (χ1) is 13.9. The van der Waals surface area contributed by atoms with Crippen LogP contribution in [-0.4, -0.2) is 23.0 Å². The maximum absolute atomic E-state index is 12.3. The Bertz CT molecular complexity index is 1110. The molecule has 1 heterocycles. The molecule has 146 valence electrons. The molecule has 1 aromatic heterocycles. The van der Waals surface area contributed by atoms with Crippen LogP contribution in [0.2, 0.25) is 5.02 Å². The second-order valence-electron chi connectivity index (χ2n) is 5.65. The van der Waals surface area contributed by atoms with Gasteiger partial charge < -0.3 is 5.32 Å². The van der Waals surface area contributed by atoms with Gasteiger partial charge in [-0.1, -0.05) is 41.1 Å². The van der Waals surface area contributed by atoms with E-state index >= 15 is 0 Å². The van der Waals surface area contributed by atoms with Crippen LogP contribution in [0.4, 0.5) is 10.7 Å². The fourth-order valence-electron chi connectivity index (χ4n) is 2.31. The molecular weight excluding hydrogens is 416 g/mol. The molecule has 29 heavy (non-hydrogen) atoms. The Morgan fingerprint density at radius 3 is 2.59 bits per heavy atom. The number of hydrazone groups is 1. The van der Waals surface area contributed by atoms with Crippen molar-refractivity contribution in [2.24, 2.45) is 5.10 Å². The van der Waals surface area contributed by atoms with Gasteiger partial charge in [-0.2, -0.15) is 5.10 Å². The van der Waals surface area contributed by atoms with Gasteiger partial charge in [0.15, 0.2) is 0 Å².